The molecule has 0 saturated heterocycles. The third-order valence-electron chi connectivity index (χ3n) is 2.75. The number of carbonyl (C=O) groups excluding carboxylic acids is 1. The van der Waals surface area contributed by atoms with E-state index in [9.17, 15) is 4.79 Å². The second kappa shape index (κ2) is 6.04. The number of hydrogen-bond donors (Lipinski definition) is 2. The summed E-state index contributed by atoms with van der Waals surface area (Å²) in [5.41, 5.74) is 1.93. The van der Waals surface area contributed by atoms with Crippen molar-refractivity contribution in [1.82, 2.24) is 14.9 Å². The quantitative estimate of drug-likeness (QED) is 0.624. The number of imidazole rings is 1. The summed E-state index contributed by atoms with van der Waals surface area (Å²) in [4.78, 5) is 15.0. The molecule has 0 aliphatic carbocycles. The van der Waals surface area contributed by atoms with Crippen LogP contribution in [0.15, 0.2) is 18.2 Å². The molecule has 2 aromatic rings. The Morgan fingerprint density at radius 2 is 2.26 bits per heavy atom. The maximum atomic E-state index is 11.9. The van der Waals surface area contributed by atoms with Gasteiger partial charge in [-0.1, -0.05) is 13.8 Å². The van der Waals surface area contributed by atoms with E-state index in [1.807, 2.05) is 22.8 Å². The molecule has 6 heteroatoms. The molecule has 1 heterocycles. The molecule has 102 valence electrons. The van der Waals surface area contributed by atoms with Crippen LogP contribution in [0, 0.1) is 14.3 Å². The monoisotopic (exact) mass is 389 g/mol. The summed E-state index contributed by atoms with van der Waals surface area (Å²) in [5.74, 6) is 0.436. The van der Waals surface area contributed by atoms with Gasteiger partial charge < -0.3 is 14.9 Å². The van der Waals surface area contributed by atoms with Gasteiger partial charge in [0.15, 0.2) is 4.77 Å². The average molecular weight is 389 g/mol. The molecule has 0 bridgehead atoms. The van der Waals surface area contributed by atoms with E-state index in [-0.39, 0.29) is 12.5 Å². The van der Waals surface area contributed by atoms with Crippen LogP contribution in [-0.4, -0.2) is 22.0 Å². The third kappa shape index (κ3) is 3.56. The van der Waals surface area contributed by atoms with E-state index in [1.165, 1.54) is 0 Å². The number of H-pyrrole nitrogens is 1. The Kier molecular flexibility index (Phi) is 4.62. The van der Waals surface area contributed by atoms with Gasteiger partial charge in [-0.3, -0.25) is 4.79 Å². The zero-order valence-corrected chi connectivity index (χ0v) is 13.8. The summed E-state index contributed by atoms with van der Waals surface area (Å²) in [6, 6.07) is 6.02. The number of nitrogens with zero attached hydrogens (tertiary/aromatic N) is 1. The molecule has 0 unspecified atom stereocenters. The molecule has 0 saturated carbocycles. The number of aromatic amines is 1. The van der Waals surface area contributed by atoms with Crippen molar-refractivity contribution in [3.63, 3.8) is 0 Å². The summed E-state index contributed by atoms with van der Waals surface area (Å²) < 4.78 is 3.55. The number of nitrogens with one attached hydrogen (secondary N) is 2. The summed E-state index contributed by atoms with van der Waals surface area (Å²) in [5, 5.41) is 2.90. The highest BCUT2D eigenvalue weighted by atomic mass is 127. The fourth-order valence-corrected chi connectivity index (χ4v) is 2.57. The van der Waals surface area contributed by atoms with Crippen LogP contribution in [0.5, 0.6) is 0 Å². The molecule has 4 nitrogen and oxygen atoms in total. The minimum Gasteiger partial charge on any atom is -0.354 e. The number of halogens is 1. The molecule has 0 radical (unpaired) electrons. The van der Waals surface area contributed by atoms with E-state index in [0.29, 0.717) is 17.2 Å². The van der Waals surface area contributed by atoms with Crippen LogP contribution in [0.4, 0.5) is 0 Å². The second-order valence-corrected chi connectivity index (χ2v) is 6.51. The van der Waals surface area contributed by atoms with Crippen LogP contribution in [0.25, 0.3) is 11.0 Å². The molecule has 2 rings (SSSR count). The predicted molar refractivity (Wildman–Crippen MR) is 87.7 cm³/mol. The largest absolute Gasteiger partial charge is 0.354 e. The maximum Gasteiger partial charge on any atom is 0.240 e. The molecule has 0 spiro atoms. The Balaban J connectivity index is 2.23. The van der Waals surface area contributed by atoms with Gasteiger partial charge in [-0.25, -0.2) is 0 Å². The van der Waals surface area contributed by atoms with Gasteiger partial charge in [-0.2, -0.15) is 0 Å². The maximum absolute atomic E-state index is 11.9. The van der Waals surface area contributed by atoms with E-state index >= 15 is 0 Å². The number of benzene rings is 1. The molecule has 0 aliphatic rings. The van der Waals surface area contributed by atoms with Crippen LogP contribution in [0.3, 0.4) is 0 Å². The zero-order valence-electron chi connectivity index (χ0n) is 10.9. The van der Waals surface area contributed by atoms with Gasteiger partial charge in [0.05, 0.1) is 11.0 Å². The SMILES string of the molecule is CC(C)CNC(=O)Cn1c(=S)[nH]c2cc(I)ccc21. The zero-order chi connectivity index (χ0) is 14.0. The molecule has 0 aliphatic heterocycles. The van der Waals surface area contributed by atoms with E-state index in [1.54, 1.807) is 0 Å². The van der Waals surface area contributed by atoms with Crippen molar-refractivity contribution < 1.29 is 4.79 Å². The standard InChI is InChI=1S/C13H16IN3OS/c1-8(2)6-15-12(18)7-17-11-4-3-9(14)5-10(11)16-13(17)19/h3-5,8H,6-7H2,1-2H3,(H,15,18)(H,16,19). The summed E-state index contributed by atoms with van der Waals surface area (Å²) in [6.45, 7) is 5.08. The van der Waals surface area contributed by atoms with Gasteiger partial charge in [0, 0.05) is 10.1 Å². The lowest BCUT2D eigenvalue weighted by atomic mass is 10.2. The second-order valence-electron chi connectivity index (χ2n) is 4.88. The van der Waals surface area contributed by atoms with Gasteiger partial charge in [0.25, 0.3) is 0 Å². The minimum atomic E-state index is -0.00995. The van der Waals surface area contributed by atoms with Gasteiger partial charge in [0.2, 0.25) is 5.91 Å². The van der Waals surface area contributed by atoms with E-state index < -0.39 is 0 Å². The molecule has 1 amide bonds. The molecule has 1 aromatic carbocycles. The highest BCUT2D eigenvalue weighted by Gasteiger charge is 2.09. The lowest BCUT2D eigenvalue weighted by molar-refractivity contribution is -0.121. The van der Waals surface area contributed by atoms with Crippen LogP contribution in [0.2, 0.25) is 0 Å². The van der Waals surface area contributed by atoms with Crippen LogP contribution in [0.1, 0.15) is 13.8 Å². The first kappa shape index (κ1) is 14.5. The molecule has 19 heavy (non-hydrogen) atoms. The fraction of sp³-hybridized carbons (Fsp3) is 0.385. The van der Waals surface area contributed by atoms with Crippen molar-refractivity contribution in [2.24, 2.45) is 5.92 Å². The van der Waals surface area contributed by atoms with Crippen molar-refractivity contribution in [2.45, 2.75) is 20.4 Å². The van der Waals surface area contributed by atoms with Crippen molar-refractivity contribution >= 4 is 51.7 Å². The Labute approximate surface area is 130 Å². The average Bonchev–Trinajstić information content (AvgIpc) is 2.62. The molecular formula is C13H16IN3OS. The summed E-state index contributed by atoms with van der Waals surface area (Å²) in [6.07, 6.45) is 0. The van der Waals surface area contributed by atoms with Crippen molar-refractivity contribution in [2.75, 3.05) is 6.54 Å². The highest BCUT2D eigenvalue weighted by molar-refractivity contribution is 14.1. The predicted octanol–water partition coefficient (Wildman–Crippen LogP) is 3.08. The normalized spacial score (nSPS) is 11.2. The van der Waals surface area contributed by atoms with E-state index in [4.69, 9.17) is 12.2 Å². The smallest absolute Gasteiger partial charge is 0.240 e. The molecule has 2 N–H and O–H groups in total. The summed E-state index contributed by atoms with van der Waals surface area (Å²) >= 11 is 7.53. The first-order chi connectivity index (χ1) is 8.97. The number of rotatable bonds is 4. The van der Waals surface area contributed by atoms with Crippen LogP contribution in [-0.2, 0) is 11.3 Å². The van der Waals surface area contributed by atoms with Gasteiger partial charge in [-0.05, 0) is 58.9 Å². The lowest BCUT2D eigenvalue weighted by Crippen LogP contribution is -2.30. The van der Waals surface area contributed by atoms with Crippen LogP contribution >= 0.6 is 34.8 Å². The van der Waals surface area contributed by atoms with Crippen molar-refractivity contribution in [3.05, 3.63) is 26.5 Å². The van der Waals surface area contributed by atoms with Gasteiger partial charge in [-0.15, -0.1) is 0 Å². The molecule has 0 atom stereocenters. The molecular weight excluding hydrogens is 373 g/mol. The number of hydrogen-bond acceptors (Lipinski definition) is 2. The van der Waals surface area contributed by atoms with Crippen molar-refractivity contribution in [3.8, 4) is 0 Å². The Morgan fingerprint density at radius 3 is 2.95 bits per heavy atom. The van der Waals surface area contributed by atoms with Crippen molar-refractivity contribution in [1.29, 1.82) is 0 Å². The number of amides is 1. The Morgan fingerprint density at radius 1 is 1.53 bits per heavy atom. The van der Waals surface area contributed by atoms with E-state index in [2.05, 4.69) is 46.7 Å². The van der Waals surface area contributed by atoms with Gasteiger partial charge in [0.1, 0.15) is 6.54 Å². The lowest BCUT2D eigenvalue weighted by Gasteiger charge is -2.08. The Hall–Kier alpha value is -0.890. The van der Waals surface area contributed by atoms with Crippen LogP contribution < -0.4 is 5.32 Å². The first-order valence-corrected chi connectivity index (χ1v) is 7.61. The molecule has 1 aromatic heterocycles. The topological polar surface area (TPSA) is 49.8 Å². The van der Waals surface area contributed by atoms with Gasteiger partial charge >= 0.3 is 0 Å². The minimum absolute atomic E-state index is 0.00995. The third-order valence-corrected chi connectivity index (χ3v) is 3.74. The van der Waals surface area contributed by atoms with E-state index in [0.717, 1.165) is 14.6 Å². The molecule has 0 fully saturated rings. The number of carbonyl (C=O) groups is 1. The first-order valence-electron chi connectivity index (χ1n) is 6.12. The summed E-state index contributed by atoms with van der Waals surface area (Å²) in [7, 11) is 0. The number of fused-ring (bicyclic) bond motifs is 1. The highest BCUT2D eigenvalue weighted by Crippen LogP contribution is 2.17. The number of aromatic nitrogens is 2. The Bertz CT molecular complexity index is 659. The fourth-order valence-electron chi connectivity index (χ4n) is 1.81.